The minimum atomic E-state index is -1.91. The number of nitrogens with one attached hydrogen (secondary N) is 9. The maximum absolute atomic E-state index is 14.3. The van der Waals surface area contributed by atoms with Crippen molar-refractivity contribution >= 4 is 65.1 Å². The topological polar surface area (TPSA) is 464 Å². The molecule has 406 valence electrons. The number of nitrogens with two attached hydrogens (primary N) is 1. The van der Waals surface area contributed by atoms with Crippen molar-refractivity contribution in [3.63, 3.8) is 0 Å². The van der Waals surface area contributed by atoms with Gasteiger partial charge >= 0.3 is 11.9 Å². The summed E-state index contributed by atoms with van der Waals surface area (Å²) in [4.78, 5) is 142. The number of aliphatic carboxylic acids is 2. The van der Waals surface area contributed by atoms with Crippen molar-refractivity contribution in [1.82, 2.24) is 47.9 Å². The molecule has 0 saturated heterocycles. The molecule has 28 heteroatoms. The fraction of sp³-hybridized carbons (Fsp3) is 0.383. The highest BCUT2D eigenvalue weighted by Crippen LogP contribution is 2.14. The van der Waals surface area contributed by atoms with Gasteiger partial charge in [-0.3, -0.25) is 47.9 Å². The number of rotatable bonds is 30. The first kappa shape index (κ1) is 60.6. The molecule has 0 aliphatic heterocycles. The summed E-state index contributed by atoms with van der Waals surface area (Å²) in [6.07, 6.45) is -3.72. The van der Waals surface area contributed by atoms with Crippen LogP contribution in [0.2, 0.25) is 0 Å². The average Bonchev–Trinajstić information content (AvgIpc) is 3.37. The van der Waals surface area contributed by atoms with E-state index in [9.17, 15) is 88.5 Å². The molecule has 0 saturated carbocycles. The minimum absolute atomic E-state index is 0.113. The van der Waals surface area contributed by atoms with Crippen LogP contribution in [-0.2, 0) is 72.0 Å². The van der Waals surface area contributed by atoms with Gasteiger partial charge in [0.2, 0.25) is 53.2 Å². The van der Waals surface area contributed by atoms with Crippen molar-refractivity contribution in [2.75, 3.05) is 32.8 Å². The van der Waals surface area contributed by atoms with Gasteiger partial charge in [-0.2, -0.15) is 0 Å². The van der Waals surface area contributed by atoms with E-state index in [2.05, 4.69) is 47.9 Å². The zero-order valence-corrected chi connectivity index (χ0v) is 40.2. The third kappa shape index (κ3) is 21.1. The van der Waals surface area contributed by atoms with Crippen molar-refractivity contribution in [1.29, 1.82) is 0 Å². The molecule has 75 heavy (non-hydrogen) atoms. The summed E-state index contributed by atoms with van der Waals surface area (Å²) in [5.41, 5.74) is 6.29. The molecule has 18 N–H and O–H groups in total. The molecule has 0 unspecified atom stereocenters. The van der Waals surface area contributed by atoms with E-state index in [0.29, 0.717) is 16.7 Å². The largest absolute Gasteiger partial charge is 0.508 e. The van der Waals surface area contributed by atoms with Crippen LogP contribution < -0.4 is 53.6 Å². The second-order valence-electron chi connectivity index (χ2n) is 16.6. The Balaban J connectivity index is 1.82. The third-order valence-corrected chi connectivity index (χ3v) is 10.7. The van der Waals surface area contributed by atoms with E-state index in [1.54, 1.807) is 30.3 Å². The van der Waals surface area contributed by atoms with Crippen LogP contribution in [0.3, 0.4) is 0 Å². The van der Waals surface area contributed by atoms with Crippen LogP contribution in [0.5, 0.6) is 11.5 Å². The molecule has 0 radical (unpaired) electrons. The monoisotopic (exact) mass is 1050 g/mol. The fourth-order valence-electron chi connectivity index (χ4n) is 6.74. The Bertz CT molecular complexity index is 2480. The molecule has 3 aromatic rings. The normalized spacial score (nSPS) is 14.0. The molecule has 28 nitrogen and oxygen atoms in total. The van der Waals surface area contributed by atoms with E-state index in [0.717, 1.165) is 6.92 Å². The highest BCUT2D eigenvalue weighted by molar-refractivity contribution is 5.98. The molecule has 0 fully saturated rings. The van der Waals surface area contributed by atoms with Crippen molar-refractivity contribution in [2.24, 2.45) is 5.73 Å². The highest BCUT2D eigenvalue weighted by Gasteiger charge is 2.35. The van der Waals surface area contributed by atoms with Crippen LogP contribution in [-0.4, -0.2) is 182 Å². The number of amides is 9. The lowest BCUT2D eigenvalue weighted by molar-refractivity contribution is -0.143. The van der Waals surface area contributed by atoms with Crippen LogP contribution in [0.25, 0.3) is 0 Å². The van der Waals surface area contributed by atoms with Gasteiger partial charge in [-0.25, -0.2) is 4.79 Å². The maximum Gasteiger partial charge on any atom is 0.326 e. The van der Waals surface area contributed by atoms with Gasteiger partial charge in [0.1, 0.15) is 53.8 Å². The SMILES string of the molecule is C[C@@H](O)[C@H](NC(=O)CNC(=O)[C@H](CO)NC(=O)[C@H](CO)NC(=O)CNC(=O)CN)C(=O)N[C@@H](Cc1ccc(O)cc1)C(=O)N[C@@H](Cc1ccccc1)C(=O)N[C@@H](CC(=O)O)C(=O)N[C@@H](Cc1ccc(O)cc1)C(=O)O. The quantitative estimate of drug-likeness (QED) is 0.0295. The summed E-state index contributed by atoms with van der Waals surface area (Å²) in [6, 6.07) is 6.58. The molecule has 8 atom stereocenters. The van der Waals surface area contributed by atoms with E-state index in [4.69, 9.17) is 5.73 Å². The van der Waals surface area contributed by atoms with Gasteiger partial charge in [0, 0.05) is 19.3 Å². The Morgan fingerprint density at radius 3 is 1.35 bits per heavy atom. The molecule has 0 bridgehead atoms. The van der Waals surface area contributed by atoms with E-state index in [1.807, 2.05) is 0 Å². The fourth-order valence-corrected chi connectivity index (χ4v) is 6.74. The van der Waals surface area contributed by atoms with Gasteiger partial charge in [0.05, 0.1) is 45.4 Å². The molecule has 9 amide bonds. The molecular weight excluding hydrogens is 993 g/mol. The number of carbonyl (C=O) groups is 11. The lowest BCUT2D eigenvalue weighted by Gasteiger charge is -2.27. The van der Waals surface area contributed by atoms with Gasteiger partial charge in [-0.1, -0.05) is 54.6 Å². The molecule has 0 aliphatic carbocycles. The van der Waals surface area contributed by atoms with Crippen molar-refractivity contribution < 1.29 is 88.5 Å². The number of hydrogen-bond acceptors (Lipinski definition) is 17. The number of benzene rings is 3. The lowest BCUT2D eigenvalue weighted by atomic mass is 10.0. The number of aliphatic hydroxyl groups is 3. The van der Waals surface area contributed by atoms with E-state index >= 15 is 0 Å². The first-order valence-electron chi connectivity index (χ1n) is 22.8. The minimum Gasteiger partial charge on any atom is -0.508 e. The van der Waals surface area contributed by atoms with Crippen molar-refractivity contribution in [3.05, 3.63) is 95.6 Å². The number of phenols is 2. The van der Waals surface area contributed by atoms with Crippen molar-refractivity contribution in [3.8, 4) is 11.5 Å². The smallest absolute Gasteiger partial charge is 0.326 e. The summed E-state index contributed by atoms with van der Waals surface area (Å²) in [7, 11) is 0. The number of aliphatic hydroxyl groups excluding tert-OH is 3. The summed E-state index contributed by atoms with van der Waals surface area (Å²) in [5.74, 6) is -13.0. The van der Waals surface area contributed by atoms with Crippen molar-refractivity contribution in [2.45, 2.75) is 81.0 Å². The van der Waals surface area contributed by atoms with E-state index < -0.39 is 153 Å². The predicted octanol–water partition coefficient (Wildman–Crippen LogP) is -6.36. The predicted molar refractivity (Wildman–Crippen MR) is 258 cm³/mol. The number of carbonyl (C=O) groups excluding carboxylic acids is 9. The van der Waals surface area contributed by atoms with Gasteiger partial charge in [0.25, 0.3) is 0 Å². The number of phenolic OH excluding ortho intramolecular Hbond substituents is 2. The summed E-state index contributed by atoms with van der Waals surface area (Å²) < 4.78 is 0. The Hall–Kier alpha value is -8.73. The van der Waals surface area contributed by atoms with Crippen LogP contribution in [0.15, 0.2) is 78.9 Å². The molecule has 3 rings (SSSR count). The first-order chi connectivity index (χ1) is 35.5. The second kappa shape index (κ2) is 30.3. The number of carboxylic acid groups (broad SMARTS) is 2. The second-order valence-corrected chi connectivity index (χ2v) is 16.6. The highest BCUT2D eigenvalue weighted by atomic mass is 16.4. The van der Waals surface area contributed by atoms with Crippen LogP contribution in [0.4, 0.5) is 0 Å². The molecule has 3 aromatic carbocycles. The molecule has 0 spiro atoms. The molecule has 0 aromatic heterocycles. The number of hydrogen-bond donors (Lipinski definition) is 17. The maximum atomic E-state index is 14.3. The van der Waals surface area contributed by atoms with Gasteiger partial charge < -0.3 is 89.3 Å². The summed E-state index contributed by atoms with van der Waals surface area (Å²) in [5, 5.41) is 89.1. The molecule has 0 aliphatic rings. The van der Waals surface area contributed by atoms with Gasteiger partial charge in [-0.05, 0) is 47.9 Å². The number of carboxylic acids is 2. The van der Waals surface area contributed by atoms with Crippen LogP contribution in [0, 0.1) is 0 Å². The number of aromatic hydroxyl groups is 2. The molecule has 0 heterocycles. The average molecular weight is 1050 g/mol. The van der Waals surface area contributed by atoms with Gasteiger partial charge in [0.15, 0.2) is 0 Å². The zero-order chi connectivity index (χ0) is 55.8. The third-order valence-electron chi connectivity index (χ3n) is 10.7. The van der Waals surface area contributed by atoms with Crippen LogP contribution in [0.1, 0.15) is 30.0 Å². The Kier molecular flexibility index (Phi) is 24.5. The standard InChI is InChI=1S/C47H60N10O18/c1-24(60)40(57-38(65)21-50-41(68)34(22-58)56-45(72)35(23-59)51-37(64)20-49-36(63)19-48)46(73)54-31(16-26-7-11-28(61)12-8-26)43(70)52-30(15-25-5-3-2-4-6-25)42(69)53-32(18-39(66)67)44(71)55-33(47(74)75)17-27-9-13-29(62)14-10-27/h2-14,24,30-35,40,58-62H,15-23,48H2,1H3,(H,49,63)(H,50,68)(H,51,64)(H,52,70)(H,53,69)(H,54,73)(H,55,71)(H,56,72)(H,57,65)(H,66,67)(H,74,75)/t24-,30+,31+,32+,33+,34+,35+,40+/m1/s1. The lowest BCUT2D eigenvalue weighted by Crippen LogP contribution is -2.61. The van der Waals surface area contributed by atoms with Crippen LogP contribution >= 0.6 is 0 Å². The van der Waals surface area contributed by atoms with E-state index in [1.165, 1.54) is 48.5 Å². The zero-order valence-electron chi connectivity index (χ0n) is 40.2. The summed E-state index contributed by atoms with van der Waals surface area (Å²) >= 11 is 0. The summed E-state index contributed by atoms with van der Waals surface area (Å²) in [6.45, 7) is -2.92. The Morgan fingerprint density at radius 1 is 0.467 bits per heavy atom. The Morgan fingerprint density at radius 2 is 0.867 bits per heavy atom. The van der Waals surface area contributed by atoms with Gasteiger partial charge in [-0.15, -0.1) is 0 Å². The Labute approximate surface area is 427 Å². The molecular formula is C47H60N10O18. The first-order valence-corrected chi connectivity index (χ1v) is 22.8. The van der Waals surface area contributed by atoms with E-state index in [-0.39, 0.29) is 30.8 Å².